The minimum atomic E-state index is -0.101. The van der Waals surface area contributed by atoms with Gasteiger partial charge in [-0.1, -0.05) is 42.5 Å². The Morgan fingerprint density at radius 1 is 1.14 bits per heavy atom. The Hall–Kier alpha value is -2.13. The Labute approximate surface area is 126 Å². The summed E-state index contributed by atoms with van der Waals surface area (Å²) in [6, 6.07) is 15.8. The summed E-state index contributed by atoms with van der Waals surface area (Å²) in [5.41, 5.74) is 10.3. The van der Waals surface area contributed by atoms with E-state index in [1.165, 1.54) is 0 Å². The van der Waals surface area contributed by atoms with E-state index >= 15 is 0 Å². The van der Waals surface area contributed by atoms with Crippen LogP contribution in [-0.4, -0.2) is 5.91 Å². The SMILES string of the molecule is Cc1ccc(C)c(NC(=O)CCC(N)c2ccccc2)c1. The predicted molar refractivity (Wildman–Crippen MR) is 87.2 cm³/mol. The molecule has 0 aromatic heterocycles. The largest absolute Gasteiger partial charge is 0.326 e. The fourth-order valence-corrected chi connectivity index (χ4v) is 2.24. The summed E-state index contributed by atoms with van der Waals surface area (Å²) in [5.74, 6) is 0.00933. The van der Waals surface area contributed by atoms with Gasteiger partial charge >= 0.3 is 0 Å². The molecule has 0 saturated carbocycles. The van der Waals surface area contributed by atoms with Crippen LogP contribution >= 0.6 is 0 Å². The van der Waals surface area contributed by atoms with Crippen molar-refractivity contribution in [3.63, 3.8) is 0 Å². The second-order valence-electron chi connectivity index (χ2n) is 5.42. The van der Waals surface area contributed by atoms with Crippen molar-refractivity contribution in [2.75, 3.05) is 5.32 Å². The molecule has 0 aliphatic carbocycles. The molecule has 1 atom stereocenters. The van der Waals surface area contributed by atoms with Crippen LogP contribution in [0.3, 0.4) is 0 Å². The van der Waals surface area contributed by atoms with Crippen molar-refractivity contribution in [2.24, 2.45) is 5.73 Å². The molecule has 21 heavy (non-hydrogen) atoms. The number of aryl methyl sites for hydroxylation is 2. The van der Waals surface area contributed by atoms with E-state index in [0.717, 1.165) is 22.4 Å². The van der Waals surface area contributed by atoms with Gasteiger partial charge in [-0.05, 0) is 43.0 Å². The number of nitrogens with two attached hydrogens (primary N) is 1. The van der Waals surface area contributed by atoms with E-state index in [9.17, 15) is 4.79 Å². The summed E-state index contributed by atoms with van der Waals surface area (Å²) in [6.45, 7) is 4.01. The van der Waals surface area contributed by atoms with Crippen molar-refractivity contribution in [1.82, 2.24) is 0 Å². The van der Waals surface area contributed by atoms with Gasteiger partial charge in [0.1, 0.15) is 0 Å². The third-order valence-electron chi connectivity index (χ3n) is 3.58. The summed E-state index contributed by atoms with van der Waals surface area (Å²) < 4.78 is 0. The first-order chi connectivity index (χ1) is 10.1. The topological polar surface area (TPSA) is 55.1 Å². The van der Waals surface area contributed by atoms with Crippen molar-refractivity contribution < 1.29 is 4.79 Å². The molecule has 2 aromatic carbocycles. The Balaban J connectivity index is 1.89. The summed E-state index contributed by atoms with van der Waals surface area (Å²) >= 11 is 0. The molecule has 2 rings (SSSR count). The fourth-order valence-electron chi connectivity index (χ4n) is 2.24. The molecule has 1 unspecified atom stereocenters. The normalized spacial score (nSPS) is 12.0. The zero-order chi connectivity index (χ0) is 15.2. The maximum atomic E-state index is 12.0. The number of nitrogens with one attached hydrogen (secondary N) is 1. The summed E-state index contributed by atoms with van der Waals surface area (Å²) in [5, 5.41) is 2.96. The summed E-state index contributed by atoms with van der Waals surface area (Å²) in [6.07, 6.45) is 1.06. The highest BCUT2D eigenvalue weighted by Crippen LogP contribution is 2.18. The van der Waals surface area contributed by atoms with Crippen LogP contribution in [-0.2, 0) is 4.79 Å². The minimum absolute atomic E-state index is 0.00933. The molecule has 3 N–H and O–H groups in total. The van der Waals surface area contributed by atoms with E-state index in [4.69, 9.17) is 5.73 Å². The zero-order valence-electron chi connectivity index (χ0n) is 12.6. The molecule has 0 heterocycles. The molecular formula is C18H22N2O. The summed E-state index contributed by atoms with van der Waals surface area (Å²) in [7, 11) is 0. The number of anilines is 1. The van der Waals surface area contributed by atoms with Gasteiger partial charge in [0, 0.05) is 18.2 Å². The Morgan fingerprint density at radius 3 is 2.57 bits per heavy atom. The molecule has 3 nitrogen and oxygen atoms in total. The Kier molecular flexibility index (Phi) is 5.12. The number of amides is 1. The lowest BCUT2D eigenvalue weighted by molar-refractivity contribution is -0.116. The van der Waals surface area contributed by atoms with Crippen molar-refractivity contribution in [3.05, 3.63) is 65.2 Å². The van der Waals surface area contributed by atoms with Gasteiger partial charge in [0.15, 0.2) is 0 Å². The van der Waals surface area contributed by atoms with E-state index in [-0.39, 0.29) is 11.9 Å². The average molecular weight is 282 g/mol. The van der Waals surface area contributed by atoms with Gasteiger partial charge in [0.25, 0.3) is 0 Å². The molecule has 0 aliphatic heterocycles. The van der Waals surface area contributed by atoms with Crippen molar-refractivity contribution in [1.29, 1.82) is 0 Å². The van der Waals surface area contributed by atoms with Crippen molar-refractivity contribution in [3.8, 4) is 0 Å². The number of benzene rings is 2. The molecule has 0 fully saturated rings. The van der Waals surface area contributed by atoms with E-state index in [1.807, 2.05) is 62.4 Å². The third kappa shape index (κ3) is 4.43. The minimum Gasteiger partial charge on any atom is -0.326 e. The molecular weight excluding hydrogens is 260 g/mol. The first-order valence-electron chi connectivity index (χ1n) is 7.24. The number of carbonyl (C=O) groups excluding carboxylic acids is 1. The molecule has 0 saturated heterocycles. The Bertz CT molecular complexity index is 608. The van der Waals surface area contributed by atoms with E-state index < -0.39 is 0 Å². The lowest BCUT2D eigenvalue weighted by Gasteiger charge is -2.13. The number of hydrogen-bond acceptors (Lipinski definition) is 2. The number of hydrogen-bond donors (Lipinski definition) is 2. The Morgan fingerprint density at radius 2 is 1.86 bits per heavy atom. The lowest BCUT2D eigenvalue weighted by Crippen LogP contribution is -2.17. The van der Waals surface area contributed by atoms with Crippen LogP contribution in [0.15, 0.2) is 48.5 Å². The summed E-state index contributed by atoms with van der Waals surface area (Å²) in [4.78, 5) is 12.0. The molecule has 0 spiro atoms. The second-order valence-corrected chi connectivity index (χ2v) is 5.42. The van der Waals surface area contributed by atoms with Crippen LogP contribution in [0.2, 0.25) is 0 Å². The molecule has 110 valence electrons. The van der Waals surface area contributed by atoms with Crippen LogP contribution in [0, 0.1) is 13.8 Å². The first-order valence-corrected chi connectivity index (χ1v) is 7.24. The molecule has 0 radical (unpaired) electrons. The van der Waals surface area contributed by atoms with Gasteiger partial charge in [-0.3, -0.25) is 4.79 Å². The van der Waals surface area contributed by atoms with E-state index in [1.54, 1.807) is 0 Å². The van der Waals surface area contributed by atoms with Gasteiger partial charge < -0.3 is 11.1 Å². The maximum absolute atomic E-state index is 12.0. The van der Waals surface area contributed by atoms with Crippen LogP contribution < -0.4 is 11.1 Å². The van der Waals surface area contributed by atoms with Crippen LogP contribution in [0.5, 0.6) is 0 Å². The molecule has 0 aliphatic rings. The highest BCUT2D eigenvalue weighted by Gasteiger charge is 2.10. The quantitative estimate of drug-likeness (QED) is 0.878. The highest BCUT2D eigenvalue weighted by molar-refractivity contribution is 5.91. The predicted octanol–water partition coefficient (Wildman–Crippen LogP) is 3.72. The molecule has 2 aromatic rings. The van der Waals surface area contributed by atoms with Crippen LogP contribution in [0.25, 0.3) is 0 Å². The van der Waals surface area contributed by atoms with Gasteiger partial charge in [0.05, 0.1) is 0 Å². The average Bonchev–Trinajstić information content (AvgIpc) is 2.49. The first kappa shape index (κ1) is 15.3. The molecule has 0 bridgehead atoms. The van der Waals surface area contributed by atoms with Crippen molar-refractivity contribution in [2.45, 2.75) is 32.7 Å². The maximum Gasteiger partial charge on any atom is 0.224 e. The molecule has 1 amide bonds. The number of carbonyl (C=O) groups is 1. The van der Waals surface area contributed by atoms with Crippen molar-refractivity contribution >= 4 is 11.6 Å². The van der Waals surface area contributed by atoms with Gasteiger partial charge in [-0.25, -0.2) is 0 Å². The standard InChI is InChI=1S/C18H22N2O/c1-13-8-9-14(2)17(12-13)20-18(21)11-10-16(19)15-6-4-3-5-7-15/h3-9,12,16H,10-11,19H2,1-2H3,(H,20,21). The van der Waals surface area contributed by atoms with E-state index in [2.05, 4.69) is 5.32 Å². The smallest absolute Gasteiger partial charge is 0.224 e. The monoisotopic (exact) mass is 282 g/mol. The second kappa shape index (κ2) is 7.04. The van der Waals surface area contributed by atoms with Crippen LogP contribution in [0.1, 0.15) is 35.6 Å². The van der Waals surface area contributed by atoms with E-state index in [0.29, 0.717) is 12.8 Å². The van der Waals surface area contributed by atoms with Gasteiger partial charge in [0.2, 0.25) is 5.91 Å². The fraction of sp³-hybridized carbons (Fsp3) is 0.278. The number of rotatable bonds is 5. The zero-order valence-corrected chi connectivity index (χ0v) is 12.6. The third-order valence-corrected chi connectivity index (χ3v) is 3.58. The van der Waals surface area contributed by atoms with Crippen LogP contribution in [0.4, 0.5) is 5.69 Å². The van der Waals surface area contributed by atoms with Gasteiger partial charge in [-0.15, -0.1) is 0 Å². The molecule has 3 heteroatoms. The lowest BCUT2D eigenvalue weighted by atomic mass is 10.0. The van der Waals surface area contributed by atoms with Gasteiger partial charge in [-0.2, -0.15) is 0 Å². The highest BCUT2D eigenvalue weighted by atomic mass is 16.1.